The number of nitrogens with zero attached hydrogens (tertiary/aromatic N) is 7. The molecule has 0 saturated carbocycles. The second-order valence-electron chi connectivity index (χ2n) is 11.9. The van der Waals surface area contributed by atoms with E-state index in [9.17, 15) is 32.3 Å². The summed E-state index contributed by atoms with van der Waals surface area (Å²) in [6.07, 6.45) is 0.0122. The van der Waals surface area contributed by atoms with Crippen LogP contribution >= 0.6 is 57.8 Å². The van der Waals surface area contributed by atoms with Crippen molar-refractivity contribution in [2.24, 2.45) is 21.1 Å². The SMILES string of the molecule is C.Cc1cc(F)c(Cc2c(-c3ccc(F)cc3Cl)c(C)nn2C)c(F)c1.Cn1c(=O)c2sc3c(=O)n(C)c(=O)c3sc2c1=O.[C-]#[N+]C1=C([N+]#[C-])SC(C#N)=C(C)S1. The predicted molar refractivity (Wildman–Crippen MR) is 224 cm³/mol. The smallest absolute Gasteiger partial charge is 0.272 e. The first-order valence-corrected chi connectivity index (χ1v) is 19.5. The molecule has 0 N–H and O–H groups in total. The highest BCUT2D eigenvalue weighted by Gasteiger charge is 2.23. The number of allylic oxidation sites excluding steroid dienone is 2. The standard InChI is InChI=1S/C19H16ClF3N2.C10H6N2O4S2.C8H3N3S2.CH4/c1-10-6-16(22)14(17(23)7-10)9-18-19(11(2)24-25(18)3)13-5-4-12(21)8-15(13)20;1-11-7(13)3-4(8(11)14)18-6-5(17-3)9(15)12(2)10(6)16;1-5-6(4-9)13-8(11-3)7(10-2)12-5;/h4-8H,9H2,1-3H3;1-2H3;1H3;1H4. The molecule has 4 aromatic heterocycles. The van der Waals surface area contributed by atoms with E-state index < -0.39 is 39.7 Å². The number of hydrogen-bond acceptors (Lipinski definition) is 10. The van der Waals surface area contributed by atoms with Crippen LogP contribution in [0.3, 0.4) is 0 Å². The lowest BCUT2D eigenvalue weighted by atomic mass is 9.98. The maximum absolute atomic E-state index is 14.3. The summed E-state index contributed by atoms with van der Waals surface area (Å²) in [5, 5.41) is 13.9. The van der Waals surface area contributed by atoms with Crippen molar-refractivity contribution in [1.82, 2.24) is 18.9 Å². The van der Waals surface area contributed by atoms with Gasteiger partial charge in [0.2, 0.25) is 10.1 Å². The zero-order chi connectivity index (χ0) is 41.3. The minimum atomic E-state index is -0.604. The van der Waals surface area contributed by atoms with Gasteiger partial charge in [-0.25, -0.2) is 22.9 Å². The molecular weight excluding hydrogens is 839 g/mol. The molecule has 0 saturated heterocycles. The van der Waals surface area contributed by atoms with Crippen molar-refractivity contribution >= 4 is 76.6 Å². The van der Waals surface area contributed by atoms with E-state index in [0.717, 1.165) is 48.5 Å². The van der Waals surface area contributed by atoms with E-state index in [1.807, 2.05) is 6.07 Å². The number of aromatic nitrogens is 4. The Balaban J connectivity index is 0.000000198. The van der Waals surface area contributed by atoms with Gasteiger partial charge in [0.25, 0.3) is 22.2 Å². The summed E-state index contributed by atoms with van der Waals surface area (Å²) < 4.78 is 46.4. The Hall–Kier alpha value is -5.42. The summed E-state index contributed by atoms with van der Waals surface area (Å²) in [5.74, 6) is -1.66. The van der Waals surface area contributed by atoms with Gasteiger partial charge in [-0.3, -0.25) is 33.0 Å². The van der Waals surface area contributed by atoms with Crippen LogP contribution < -0.4 is 22.2 Å². The molecule has 0 amide bonds. The van der Waals surface area contributed by atoms with Crippen LogP contribution in [-0.4, -0.2) is 18.9 Å². The van der Waals surface area contributed by atoms with Gasteiger partial charge in [-0.15, -0.1) is 46.2 Å². The fourth-order valence-electron chi connectivity index (χ4n) is 5.45. The highest BCUT2D eigenvalue weighted by molar-refractivity contribution is 8.13. The van der Waals surface area contributed by atoms with Gasteiger partial charge >= 0.3 is 0 Å². The molecule has 0 radical (unpaired) electrons. The van der Waals surface area contributed by atoms with Gasteiger partial charge in [-0.1, -0.05) is 19.0 Å². The largest absolute Gasteiger partial charge is 0.276 e. The molecule has 1 aliphatic heterocycles. The van der Waals surface area contributed by atoms with Gasteiger partial charge in [0, 0.05) is 44.3 Å². The van der Waals surface area contributed by atoms with Crippen LogP contribution in [0.1, 0.15) is 36.9 Å². The van der Waals surface area contributed by atoms with Crippen molar-refractivity contribution in [3.05, 3.63) is 159 Å². The minimum Gasteiger partial charge on any atom is -0.276 e. The zero-order valence-corrected chi connectivity index (χ0v) is 34.0. The summed E-state index contributed by atoms with van der Waals surface area (Å²) in [6, 6.07) is 8.65. The lowest BCUT2D eigenvalue weighted by Gasteiger charge is -2.11. The van der Waals surface area contributed by atoms with E-state index in [1.165, 1.54) is 50.1 Å². The summed E-state index contributed by atoms with van der Waals surface area (Å²) in [7, 11) is 4.46. The third-order valence-corrected chi connectivity index (χ3v) is 13.5. The van der Waals surface area contributed by atoms with E-state index in [2.05, 4.69) is 14.8 Å². The van der Waals surface area contributed by atoms with E-state index in [4.69, 9.17) is 30.0 Å². The van der Waals surface area contributed by atoms with Crippen LogP contribution in [0.2, 0.25) is 5.02 Å². The molecule has 0 fully saturated rings. The molecule has 7 rings (SSSR count). The van der Waals surface area contributed by atoms with Gasteiger partial charge in [-0.2, -0.15) is 10.4 Å². The van der Waals surface area contributed by atoms with Crippen molar-refractivity contribution in [3.8, 4) is 17.2 Å². The molecule has 0 unspecified atom stereocenters. The van der Waals surface area contributed by atoms with Crippen LogP contribution in [0, 0.1) is 55.8 Å². The fourth-order valence-corrected chi connectivity index (χ4v) is 9.91. The summed E-state index contributed by atoms with van der Waals surface area (Å²) >= 11 is 10.3. The number of nitriles is 1. The summed E-state index contributed by atoms with van der Waals surface area (Å²) in [4.78, 5) is 54.9. The van der Waals surface area contributed by atoms with Crippen molar-refractivity contribution < 1.29 is 13.2 Å². The molecule has 5 heterocycles. The van der Waals surface area contributed by atoms with Crippen LogP contribution in [0.5, 0.6) is 0 Å². The average molecular weight is 868 g/mol. The second-order valence-corrected chi connectivity index (χ2v) is 16.6. The Bertz CT molecular complexity index is 2870. The lowest BCUT2D eigenvalue weighted by molar-refractivity contribution is 0.555. The van der Waals surface area contributed by atoms with Crippen molar-refractivity contribution in [1.29, 1.82) is 5.26 Å². The summed E-state index contributed by atoms with van der Waals surface area (Å²) in [6.45, 7) is 18.8. The minimum absolute atomic E-state index is 0. The van der Waals surface area contributed by atoms with Crippen molar-refractivity contribution in [2.45, 2.75) is 34.6 Å². The monoisotopic (exact) mass is 867 g/mol. The van der Waals surface area contributed by atoms with E-state index in [0.29, 0.717) is 43.0 Å². The number of hydrogen-bond donors (Lipinski definition) is 0. The Labute approximate surface area is 344 Å². The topological polar surface area (TPSA) is 128 Å². The van der Waals surface area contributed by atoms with Crippen LogP contribution in [0.25, 0.3) is 39.6 Å². The Morgan fingerprint density at radius 2 is 1.28 bits per heavy atom. The Morgan fingerprint density at radius 3 is 1.72 bits per heavy atom. The molecule has 292 valence electrons. The fraction of sp³-hybridized carbons (Fsp3) is 0.211. The van der Waals surface area contributed by atoms with E-state index in [-0.39, 0.29) is 43.2 Å². The molecule has 57 heavy (non-hydrogen) atoms. The number of halogens is 4. The van der Waals surface area contributed by atoms with Crippen molar-refractivity contribution in [3.63, 3.8) is 0 Å². The number of benzene rings is 2. The molecule has 0 atom stereocenters. The molecule has 19 heteroatoms. The third-order valence-electron chi connectivity index (χ3n) is 8.24. The van der Waals surface area contributed by atoms with Gasteiger partial charge in [-0.05, 0) is 61.6 Å². The van der Waals surface area contributed by atoms with Crippen molar-refractivity contribution in [2.75, 3.05) is 0 Å². The Kier molecular flexibility index (Phi) is 13.8. The first-order chi connectivity index (χ1) is 26.4. The molecule has 1 aliphatic rings. The molecule has 11 nitrogen and oxygen atoms in total. The molecule has 0 bridgehead atoms. The third kappa shape index (κ3) is 8.63. The summed E-state index contributed by atoms with van der Waals surface area (Å²) in [5.41, 5.74) is 1.29. The maximum Gasteiger partial charge on any atom is 0.272 e. The average Bonchev–Trinajstić information content (AvgIpc) is 3.64. The highest BCUT2D eigenvalue weighted by atomic mass is 35.5. The molecule has 2 aromatic carbocycles. The zero-order valence-electron chi connectivity index (χ0n) is 30.0. The van der Waals surface area contributed by atoms with Gasteiger partial charge in [0.1, 0.15) is 42.3 Å². The number of aryl methyl sites for hydroxylation is 3. The first kappa shape index (κ1) is 44.3. The molecule has 0 spiro atoms. The molecule has 0 aliphatic carbocycles. The van der Waals surface area contributed by atoms with E-state index in [1.54, 1.807) is 38.6 Å². The normalized spacial score (nSPS) is 12.3. The number of rotatable bonds is 3. The van der Waals surface area contributed by atoms with E-state index >= 15 is 0 Å². The van der Waals surface area contributed by atoms with Crippen LogP contribution in [-0.2, 0) is 27.6 Å². The van der Waals surface area contributed by atoms with Gasteiger partial charge in [0.15, 0.2) is 0 Å². The first-order valence-electron chi connectivity index (χ1n) is 15.8. The Morgan fingerprint density at radius 1 is 0.807 bits per heavy atom. The van der Waals surface area contributed by atoms with Crippen LogP contribution in [0.15, 0.2) is 69.4 Å². The number of thioether (sulfide) groups is 2. The molecular formula is C38H29ClF3N7O4S4. The second kappa shape index (κ2) is 17.8. The predicted octanol–water partition coefficient (Wildman–Crippen LogP) is 8.86. The highest BCUT2D eigenvalue weighted by Crippen LogP contribution is 2.45. The number of fused-ring (bicyclic) bond motifs is 2. The molecule has 6 aromatic rings. The lowest BCUT2D eigenvalue weighted by Crippen LogP contribution is -2.21. The maximum atomic E-state index is 14.3. The van der Waals surface area contributed by atoms with Gasteiger partial charge < -0.3 is 0 Å². The van der Waals surface area contributed by atoms with Crippen LogP contribution in [0.4, 0.5) is 13.2 Å². The quantitative estimate of drug-likeness (QED) is 0.162. The van der Waals surface area contributed by atoms with Gasteiger partial charge in [0.05, 0.1) is 34.5 Å².